The summed E-state index contributed by atoms with van der Waals surface area (Å²) in [5, 5.41) is 5.22. The molecule has 6 nitrogen and oxygen atoms in total. The molecule has 1 aliphatic heterocycles. The van der Waals surface area contributed by atoms with E-state index in [0.29, 0.717) is 30.5 Å². The van der Waals surface area contributed by atoms with Crippen LogP contribution in [0, 0.1) is 6.92 Å². The van der Waals surface area contributed by atoms with Gasteiger partial charge in [-0.1, -0.05) is 6.07 Å². The summed E-state index contributed by atoms with van der Waals surface area (Å²) in [6, 6.07) is 8.49. The number of nitrogens with two attached hydrogens (primary N) is 1. The number of hydrogen-bond acceptors (Lipinski definition) is 4. The van der Waals surface area contributed by atoms with Gasteiger partial charge in [-0.15, -0.1) is 0 Å². The van der Waals surface area contributed by atoms with Gasteiger partial charge < -0.3 is 4.90 Å². The predicted octanol–water partition coefficient (Wildman–Crippen LogP) is 1.97. The maximum atomic E-state index is 13.0. The van der Waals surface area contributed by atoms with Crippen molar-refractivity contribution in [1.82, 2.24) is 4.90 Å². The van der Waals surface area contributed by atoms with Crippen LogP contribution in [0.2, 0.25) is 0 Å². The highest BCUT2D eigenvalue weighted by atomic mass is 32.2. The molecular weight excluding hydrogens is 364 g/mol. The van der Waals surface area contributed by atoms with Crippen molar-refractivity contribution in [2.75, 3.05) is 0 Å². The molecule has 2 aromatic carbocycles. The van der Waals surface area contributed by atoms with Crippen molar-refractivity contribution in [1.29, 1.82) is 0 Å². The minimum atomic E-state index is -3.75. The van der Waals surface area contributed by atoms with Crippen LogP contribution in [0.3, 0.4) is 0 Å². The first-order valence-electron chi connectivity index (χ1n) is 8.75. The minimum absolute atomic E-state index is 0.0443. The summed E-state index contributed by atoms with van der Waals surface area (Å²) in [4.78, 5) is 26.9. The number of rotatable bonds is 3. The van der Waals surface area contributed by atoms with E-state index in [2.05, 4.69) is 0 Å². The second-order valence-electron chi connectivity index (χ2n) is 7.37. The Balaban J connectivity index is 1.65. The number of hydrogen-bond donors (Lipinski definition) is 1. The van der Waals surface area contributed by atoms with Crippen LogP contribution in [-0.2, 0) is 29.4 Å². The van der Waals surface area contributed by atoms with Crippen molar-refractivity contribution < 1.29 is 18.0 Å². The van der Waals surface area contributed by atoms with Crippen molar-refractivity contribution in [2.45, 2.75) is 44.2 Å². The van der Waals surface area contributed by atoms with E-state index in [1.165, 1.54) is 13.0 Å². The number of primary sulfonamides is 1. The monoisotopic (exact) mass is 384 g/mol. The van der Waals surface area contributed by atoms with E-state index in [1.807, 2.05) is 19.1 Å². The van der Waals surface area contributed by atoms with E-state index in [-0.39, 0.29) is 22.6 Å². The normalized spacial score (nSPS) is 18.6. The molecule has 0 saturated carbocycles. The average Bonchev–Trinajstić information content (AvgIpc) is 3.14. The van der Waals surface area contributed by atoms with Gasteiger partial charge in [0.2, 0.25) is 10.0 Å². The Morgan fingerprint density at radius 2 is 1.85 bits per heavy atom. The molecule has 1 unspecified atom stereocenters. The molecule has 0 bridgehead atoms. The molecule has 7 heteroatoms. The molecule has 0 spiro atoms. The lowest BCUT2D eigenvalue weighted by Crippen LogP contribution is -2.36. The van der Waals surface area contributed by atoms with Gasteiger partial charge in [0, 0.05) is 23.7 Å². The van der Waals surface area contributed by atoms with E-state index in [4.69, 9.17) is 5.14 Å². The van der Waals surface area contributed by atoms with Crippen molar-refractivity contribution >= 4 is 21.7 Å². The van der Waals surface area contributed by atoms with Gasteiger partial charge in [0.05, 0.1) is 4.90 Å². The molecule has 2 aromatic rings. The van der Waals surface area contributed by atoms with E-state index in [1.54, 1.807) is 17.0 Å². The third kappa shape index (κ3) is 2.96. The molecule has 0 radical (unpaired) electrons. The van der Waals surface area contributed by atoms with Crippen LogP contribution in [-0.4, -0.2) is 31.0 Å². The highest BCUT2D eigenvalue weighted by molar-refractivity contribution is 7.89. The van der Waals surface area contributed by atoms with Crippen molar-refractivity contribution in [3.05, 3.63) is 63.7 Å². The standard InChI is InChI=1S/C20H20N2O4S/c1-11-5-17(12(2)23)19-10-22(20(24)18(19)6-11)15-7-13-3-4-16(27(21,25)26)9-14(13)8-15/h3-6,9,15H,7-8,10H2,1-2H3,(H2,21,25,26). The molecule has 2 aliphatic rings. The van der Waals surface area contributed by atoms with Gasteiger partial charge >= 0.3 is 0 Å². The first-order valence-corrected chi connectivity index (χ1v) is 10.3. The summed E-state index contributed by atoms with van der Waals surface area (Å²) >= 11 is 0. The summed E-state index contributed by atoms with van der Waals surface area (Å²) in [6.45, 7) is 3.80. The molecule has 140 valence electrons. The number of amides is 1. The third-order valence-corrected chi connectivity index (χ3v) is 6.36. The fraction of sp³-hybridized carbons (Fsp3) is 0.300. The molecule has 1 amide bonds. The number of fused-ring (bicyclic) bond motifs is 2. The topological polar surface area (TPSA) is 97.5 Å². The maximum Gasteiger partial charge on any atom is 0.254 e. The first-order chi connectivity index (χ1) is 12.6. The lowest BCUT2D eigenvalue weighted by Gasteiger charge is -2.23. The second-order valence-corrected chi connectivity index (χ2v) is 8.93. The first kappa shape index (κ1) is 17.9. The molecule has 0 saturated heterocycles. The summed E-state index contributed by atoms with van der Waals surface area (Å²) in [5.41, 5.74) is 4.81. The van der Waals surface area contributed by atoms with Crippen molar-refractivity contribution in [3.8, 4) is 0 Å². The van der Waals surface area contributed by atoms with Crippen molar-refractivity contribution in [2.24, 2.45) is 5.14 Å². The predicted molar refractivity (Wildman–Crippen MR) is 100 cm³/mol. The lowest BCUT2D eigenvalue weighted by molar-refractivity contribution is 0.0709. The smallest absolute Gasteiger partial charge is 0.254 e. The maximum absolute atomic E-state index is 13.0. The zero-order valence-corrected chi connectivity index (χ0v) is 16.0. The fourth-order valence-corrected chi connectivity index (χ4v) is 4.72. The van der Waals surface area contributed by atoms with Gasteiger partial charge in [0.25, 0.3) is 5.91 Å². The summed E-state index contributed by atoms with van der Waals surface area (Å²) in [5.74, 6) is -0.113. The van der Waals surface area contributed by atoms with Gasteiger partial charge in [-0.05, 0) is 73.2 Å². The van der Waals surface area contributed by atoms with Gasteiger partial charge in [0.1, 0.15) is 0 Å². The molecule has 2 N–H and O–H groups in total. The quantitative estimate of drug-likeness (QED) is 0.818. The largest absolute Gasteiger partial charge is 0.331 e. The van der Waals surface area contributed by atoms with Crippen molar-refractivity contribution in [3.63, 3.8) is 0 Å². The van der Waals surface area contributed by atoms with Crippen LogP contribution < -0.4 is 5.14 Å². The number of benzene rings is 2. The van der Waals surface area contributed by atoms with Crippen LogP contribution in [0.15, 0.2) is 35.2 Å². The molecule has 0 aromatic heterocycles. The van der Waals surface area contributed by atoms with E-state index >= 15 is 0 Å². The van der Waals surface area contributed by atoms with Crippen LogP contribution >= 0.6 is 0 Å². The number of sulfonamides is 1. The Hall–Kier alpha value is -2.51. The van der Waals surface area contributed by atoms with Gasteiger partial charge in [-0.2, -0.15) is 0 Å². The Morgan fingerprint density at radius 1 is 1.15 bits per heavy atom. The van der Waals surface area contributed by atoms with E-state index < -0.39 is 10.0 Å². The third-order valence-electron chi connectivity index (χ3n) is 5.45. The number of Topliss-reactive ketones (excluding diaryl/α,β-unsaturated/α-hetero) is 1. The number of carbonyl (C=O) groups is 2. The lowest BCUT2D eigenvalue weighted by atomic mass is 9.98. The molecule has 27 heavy (non-hydrogen) atoms. The van der Waals surface area contributed by atoms with Crippen LogP contribution in [0.25, 0.3) is 0 Å². The molecule has 4 rings (SSSR count). The molecule has 1 aliphatic carbocycles. The average molecular weight is 384 g/mol. The van der Waals surface area contributed by atoms with Gasteiger partial charge in [-0.3, -0.25) is 9.59 Å². The Kier molecular flexibility index (Phi) is 3.98. The highest BCUT2D eigenvalue weighted by Crippen LogP contribution is 2.34. The molecule has 1 atom stereocenters. The Bertz CT molecular complexity index is 1110. The van der Waals surface area contributed by atoms with Gasteiger partial charge in [-0.25, -0.2) is 13.6 Å². The summed E-state index contributed by atoms with van der Waals surface area (Å²) < 4.78 is 23.2. The zero-order chi connectivity index (χ0) is 19.5. The summed E-state index contributed by atoms with van der Waals surface area (Å²) in [6.07, 6.45) is 1.24. The van der Waals surface area contributed by atoms with Crippen LogP contribution in [0.4, 0.5) is 0 Å². The van der Waals surface area contributed by atoms with E-state index in [9.17, 15) is 18.0 Å². The number of carbonyl (C=O) groups excluding carboxylic acids is 2. The molecular formula is C20H20N2O4S. The Labute approximate surface area is 158 Å². The minimum Gasteiger partial charge on any atom is -0.331 e. The van der Waals surface area contributed by atoms with E-state index in [0.717, 1.165) is 22.3 Å². The van der Waals surface area contributed by atoms with Crippen LogP contribution in [0.1, 0.15) is 49.9 Å². The SMILES string of the molecule is CC(=O)c1cc(C)cc2c1CN(C1Cc3ccc(S(N)(=O)=O)cc3C1)C2=O. The number of aryl methyl sites for hydroxylation is 1. The van der Waals surface area contributed by atoms with Crippen LogP contribution in [0.5, 0.6) is 0 Å². The Morgan fingerprint density at radius 3 is 2.52 bits per heavy atom. The fourth-order valence-electron chi connectivity index (χ4n) is 4.15. The number of nitrogens with zero attached hydrogens (tertiary/aromatic N) is 1. The highest BCUT2D eigenvalue weighted by Gasteiger charge is 2.37. The van der Waals surface area contributed by atoms with Gasteiger partial charge in [0.15, 0.2) is 5.78 Å². The summed E-state index contributed by atoms with van der Waals surface area (Å²) in [7, 11) is -3.75. The molecule has 1 heterocycles. The number of ketones is 1. The molecule has 0 fully saturated rings. The second kappa shape index (κ2) is 6.00. The zero-order valence-electron chi connectivity index (χ0n) is 15.2.